The number of hydrogen-bond acceptors (Lipinski definition) is 1. The number of rotatable bonds is 3. The van der Waals surface area contributed by atoms with E-state index in [2.05, 4.69) is 32.3 Å². The van der Waals surface area contributed by atoms with Crippen LogP contribution in [0.5, 0.6) is 0 Å². The molecule has 0 rings (SSSR count). The lowest BCUT2D eigenvalue weighted by Crippen LogP contribution is -2.62. The largest absolute Gasteiger partial charge is 0.328 e. The van der Waals surface area contributed by atoms with E-state index in [0.29, 0.717) is 0 Å². The van der Waals surface area contributed by atoms with Gasteiger partial charge >= 0.3 is 0 Å². The highest BCUT2D eigenvalue weighted by molar-refractivity contribution is 7.58. The third kappa shape index (κ3) is 3.84. The molecule has 0 saturated carbocycles. The Balaban J connectivity index is 4.35. The number of nitrogens with zero attached hydrogens (tertiary/aromatic N) is 1. The second-order valence-corrected chi connectivity index (χ2v) is 49.6. The third-order valence-corrected chi connectivity index (χ3v) is 9.12. The molecule has 0 amide bonds. The summed E-state index contributed by atoms with van der Waals surface area (Å²) in [5.41, 5.74) is 0. The Morgan fingerprint density at radius 2 is 1.18 bits per heavy atom. The van der Waals surface area contributed by atoms with Crippen LogP contribution in [0.15, 0.2) is 0 Å². The lowest BCUT2D eigenvalue weighted by Gasteiger charge is -2.41. The van der Waals surface area contributed by atoms with E-state index in [1.54, 1.807) is 0 Å². The fraction of sp³-hybridized carbons (Fsp3) is 1.00. The minimum absolute atomic E-state index is 0.663. The highest BCUT2D eigenvalue weighted by atomic mass is 29.9. The van der Waals surface area contributed by atoms with Gasteiger partial charge in [-0.25, -0.2) is 0 Å². The van der Waals surface area contributed by atoms with Crippen LogP contribution in [0.1, 0.15) is 27.7 Å². The fourth-order valence-corrected chi connectivity index (χ4v) is 14.5. The molecule has 0 N–H and O–H groups in total. The molecule has 0 heterocycles. The molecular formula is C6H23NSi4. The quantitative estimate of drug-likeness (QED) is 0.482. The van der Waals surface area contributed by atoms with E-state index in [-0.39, 0.29) is 0 Å². The number of hydrogen-bond donors (Lipinski definition) is 0. The van der Waals surface area contributed by atoms with Crippen LogP contribution in [0.25, 0.3) is 0 Å². The summed E-state index contributed by atoms with van der Waals surface area (Å²) < 4.78 is 2.84. The van der Waals surface area contributed by atoms with Crippen molar-refractivity contribution in [2.45, 2.75) is 39.8 Å². The molecule has 1 nitrogen and oxygen atoms in total. The van der Waals surface area contributed by atoms with Crippen molar-refractivity contribution in [3.63, 3.8) is 0 Å². The molecule has 0 unspecified atom stereocenters. The van der Waals surface area contributed by atoms with Crippen LogP contribution in [-0.2, 0) is 0 Å². The first-order chi connectivity index (χ1) is 4.76. The first-order valence-corrected chi connectivity index (χ1v) is 17.0. The topological polar surface area (TPSA) is 3.24 Å². The zero-order valence-corrected chi connectivity index (χ0v) is 16.1. The standard InChI is InChI=1S/C6H23NSi4/c1-5(2)7(6(3)4)11(8,9)10/h5-6H,1-4,8-10H3. The fourth-order valence-electron chi connectivity index (χ4n) is 2.15. The molecule has 0 radical (unpaired) electrons. The Kier molecular flexibility index (Phi) is 4.49. The average Bonchev–Trinajstić information content (AvgIpc) is 1.54. The Labute approximate surface area is 80.7 Å². The molecule has 0 aromatic heterocycles. The molecule has 5 heteroatoms. The van der Waals surface area contributed by atoms with Crippen LogP contribution in [0.4, 0.5) is 0 Å². The minimum Gasteiger partial charge on any atom is -0.328 e. The van der Waals surface area contributed by atoms with Crippen molar-refractivity contribution < 1.29 is 0 Å². The summed E-state index contributed by atoms with van der Waals surface area (Å²) in [6.45, 7) is 8.76. The van der Waals surface area contributed by atoms with Crippen molar-refractivity contribution in [1.82, 2.24) is 4.57 Å². The Morgan fingerprint density at radius 3 is 1.18 bits per heavy atom. The van der Waals surface area contributed by atoms with Crippen molar-refractivity contribution in [2.75, 3.05) is 0 Å². The van der Waals surface area contributed by atoms with Crippen molar-refractivity contribution in [3.05, 3.63) is 0 Å². The van der Waals surface area contributed by atoms with E-state index in [0.717, 1.165) is 12.1 Å². The molecule has 0 saturated heterocycles. The molecule has 0 aliphatic heterocycles. The van der Waals surface area contributed by atoms with Gasteiger partial charge in [0.15, 0.2) is 0 Å². The van der Waals surface area contributed by atoms with Gasteiger partial charge in [0.05, 0.1) is 6.79 Å². The zero-order valence-electron chi connectivity index (χ0n) is 9.10. The van der Waals surface area contributed by atoms with E-state index in [1.807, 2.05) is 0 Å². The summed E-state index contributed by atoms with van der Waals surface area (Å²) in [5.74, 6) is 0. The van der Waals surface area contributed by atoms with Gasteiger partial charge in [0.1, 0.15) is 0 Å². The molecule has 0 aromatic rings. The van der Waals surface area contributed by atoms with Crippen LogP contribution < -0.4 is 0 Å². The van der Waals surface area contributed by atoms with Crippen molar-refractivity contribution >= 4 is 36.1 Å². The van der Waals surface area contributed by atoms with E-state index in [4.69, 9.17) is 0 Å². The van der Waals surface area contributed by atoms with Crippen LogP contribution in [0.3, 0.4) is 0 Å². The Bertz CT molecular complexity index is 110. The second-order valence-electron chi connectivity index (χ2n) is 4.77. The summed E-state index contributed by atoms with van der Waals surface area (Å²) in [7, 11) is 4.49. The first-order valence-electron chi connectivity index (χ1n) is 4.55. The smallest absolute Gasteiger partial charge is 0.0706 e. The molecule has 68 valence electrons. The van der Waals surface area contributed by atoms with Crippen LogP contribution >= 0.6 is 0 Å². The van der Waals surface area contributed by atoms with Crippen LogP contribution in [0.2, 0.25) is 0 Å². The molecule has 0 aliphatic rings. The van der Waals surface area contributed by atoms with E-state index in [1.165, 1.54) is 29.3 Å². The second kappa shape index (κ2) is 4.17. The van der Waals surface area contributed by atoms with Crippen molar-refractivity contribution in [3.8, 4) is 0 Å². The van der Waals surface area contributed by atoms with Crippen LogP contribution in [-0.4, -0.2) is 52.7 Å². The Hall–Kier alpha value is 0.828. The molecule has 0 aromatic carbocycles. The molecule has 0 aliphatic carbocycles. The maximum atomic E-state index is 2.84. The van der Waals surface area contributed by atoms with Gasteiger partial charge in [0.25, 0.3) is 0 Å². The van der Waals surface area contributed by atoms with Gasteiger partial charge < -0.3 is 4.57 Å². The van der Waals surface area contributed by atoms with Gasteiger partial charge in [-0.1, -0.05) is 27.7 Å². The highest BCUT2D eigenvalue weighted by Gasteiger charge is 2.27. The molecule has 0 spiro atoms. The van der Waals surface area contributed by atoms with Gasteiger partial charge in [0, 0.05) is 29.3 Å². The summed E-state index contributed by atoms with van der Waals surface area (Å²) in [6.07, 6.45) is 0. The molecule has 0 bridgehead atoms. The van der Waals surface area contributed by atoms with Gasteiger partial charge in [-0.15, -0.1) is 0 Å². The minimum atomic E-state index is -0.663. The van der Waals surface area contributed by atoms with E-state index in [9.17, 15) is 0 Å². The maximum Gasteiger partial charge on any atom is 0.0706 e. The molecule has 11 heavy (non-hydrogen) atoms. The van der Waals surface area contributed by atoms with E-state index >= 15 is 0 Å². The summed E-state index contributed by atoms with van der Waals surface area (Å²) >= 11 is 0. The third-order valence-electron chi connectivity index (χ3n) is 1.89. The highest BCUT2D eigenvalue weighted by Crippen LogP contribution is 2.09. The lowest BCUT2D eigenvalue weighted by atomic mass is 10.3. The SMILES string of the molecule is CC(C)N(C(C)C)[Si]([SiH3])([SiH3])[SiH3]. The predicted molar refractivity (Wildman–Crippen MR) is 67.7 cm³/mol. The van der Waals surface area contributed by atoms with Crippen LogP contribution in [0, 0.1) is 0 Å². The van der Waals surface area contributed by atoms with Crippen molar-refractivity contribution in [1.29, 1.82) is 0 Å². The summed E-state index contributed by atoms with van der Waals surface area (Å²) in [6, 6.07) is 1.60. The molecule has 0 fully saturated rings. The van der Waals surface area contributed by atoms with Gasteiger partial charge in [-0.3, -0.25) is 0 Å². The van der Waals surface area contributed by atoms with Gasteiger partial charge in [0.2, 0.25) is 0 Å². The zero-order chi connectivity index (χ0) is 9.23. The maximum absolute atomic E-state index is 2.84. The molecular weight excluding hydrogens is 198 g/mol. The Morgan fingerprint density at radius 1 is 0.909 bits per heavy atom. The normalized spacial score (nSPS) is 18.8. The monoisotopic (exact) mass is 221 g/mol. The van der Waals surface area contributed by atoms with Crippen molar-refractivity contribution in [2.24, 2.45) is 0 Å². The van der Waals surface area contributed by atoms with Gasteiger partial charge in [-0.05, 0) is 12.1 Å². The molecule has 0 atom stereocenters. The predicted octanol–water partition coefficient (Wildman–Crippen LogP) is -2.36. The van der Waals surface area contributed by atoms with E-state index < -0.39 is 6.79 Å². The lowest BCUT2D eigenvalue weighted by molar-refractivity contribution is 0.311. The summed E-state index contributed by atoms with van der Waals surface area (Å²) in [4.78, 5) is 0. The average molecular weight is 222 g/mol. The first kappa shape index (κ1) is 11.8. The van der Waals surface area contributed by atoms with Gasteiger partial charge in [-0.2, -0.15) is 0 Å². The summed E-state index contributed by atoms with van der Waals surface area (Å²) in [5, 5.41) is 0.